The molecule has 1 aromatic rings. The van der Waals surface area contributed by atoms with Gasteiger partial charge in [-0.3, -0.25) is 0 Å². The molecule has 2 rings (SSSR count). The van der Waals surface area contributed by atoms with Crippen molar-refractivity contribution in [2.45, 2.75) is 20.0 Å². The first kappa shape index (κ1) is 6.92. The summed E-state index contributed by atoms with van der Waals surface area (Å²) in [7, 11) is 0. The first-order valence-corrected chi connectivity index (χ1v) is 3.95. The summed E-state index contributed by atoms with van der Waals surface area (Å²) in [6.45, 7) is 5.32. The number of H-pyrrole nitrogens is 1. The smallest absolute Gasteiger partial charge is 0.104 e. The van der Waals surface area contributed by atoms with Gasteiger partial charge in [0.25, 0.3) is 0 Å². The fraction of sp³-hybridized carbons (Fsp3) is 0.556. The molecule has 0 spiro atoms. The maximum absolute atomic E-state index is 5.46. The Morgan fingerprint density at radius 1 is 1.64 bits per heavy atom. The number of hydrogen-bond acceptors (Lipinski definition) is 1. The molecular weight excluding hydrogens is 138 g/mol. The summed E-state index contributed by atoms with van der Waals surface area (Å²) in [5.41, 5.74) is 1.51. The lowest BCUT2D eigenvalue weighted by molar-refractivity contribution is -0.173. The van der Waals surface area contributed by atoms with E-state index < -0.39 is 0 Å². The van der Waals surface area contributed by atoms with E-state index in [2.05, 4.69) is 24.9 Å². The predicted molar refractivity (Wildman–Crippen MR) is 43.3 cm³/mol. The zero-order chi connectivity index (χ0) is 7.90. The average Bonchev–Trinajstić information content (AvgIpc) is 2.38. The number of nitrogens with one attached hydrogen (secondary N) is 1. The van der Waals surface area contributed by atoms with Crippen LogP contribution in [0.3, 0.4) is 0 Å². The molecule has 11 heavy (non-hydrogen) atoms. The SMILES string of the molecule is CC1(C)COC1c1ccc[nH]1. The van der Waals surface area contributed by atoms with Gasteiger partial charge in [0.05, 0.1) is 6.61 Å². The van der Waals surface area contributed by atoms with Crippen LogP contribution in [0.15, 0.2) is 18.3 Å². The Hall–Kier alpha value is -0.760. The van der Waals surface area contributed by atoms with Crippen molar-refractivity contribution in [1.29, 1.82) is 0 Å². The Labute approximate surface area is 66.6 Å². The molecule has 0 amide bonds. The second-order valence-corrected chi connectivity index (χ2v) is 3.81. The van der Waals surface area contributed by atoms with Crippen LogP contribution in [-0.2, 0) is 4.74 Å². The Balaban J connectivity index is 2.20. The van der Waals surface area contributed by atoms with Crippen LogP contribution in [0.5, 0.6) is 0 Å². The van der Waals surface area contributed by atoms with Crippen LogP contribution in [-0.4, -0.2) is 11.6 Å². The van der Waals surface area contributed by atoms with E-state index in [9.17, 15) is 0 Å². The molecule has 2 heterocycles. The van der Waals surface area contributed by atoms with E-state index in [1.54, 1.807) is 0 Å². The zero-order valence-corrected chi connectivity index (χ0v) is 6.92. The van der Waals surface area contributed by atoms with Crippen LogP contribution in [0.25, 0.3) is 0 Å². The molecule has 60 valence electrons. The Bertz CT molecular complexity index is 238. The van der Waals surface area contributed by atoms with E-state index in [0.29, 0.717) is 5.41 Å². The molecule has 1 aromatic heterocycles. The van der Waals surface area contributed by atoms with Crippen molar-refractivity contribution in [3.63, 3.8) is 0 Å². The topological polar surface area (TPSA) is 25.0 Å². The molecule has 1 unspecified atom stereocenters. The monoisotopic (exact) mass is 151 g/mol. The lowest BCUT2D eigenvalue weighted by Crippen LogP contribution is -2.40. The van der Waals surface area contributed by atoms with Crippen molar-refractivity contribution < 1.29 is 4.74 Å². The predicted octanol–water partition coefficient (Wildman–Crippen LogP) is 2.11. The highest BCUT2D eigenvalue weighted by atomic mass is 16.5. The lowest BCUT2D eigenvalue weighted by Gasteiger charge is -2.43. The molecule has 0 bridgehead atoms. The second-order valence-electron chi connectivity index (χ2n) is 3.81. The third-order valence-corrected chi connectivity index (χ3v) is 2.24. The maximum Gasteiger partial charge on any atom is 0.104 e. The molecule has 1 aliphatic heterocycles. The van der Waals surface area contributed by atoms with E-state index in [1.807, 2.05) is 12.3 Å². The van der Waals surface area contributed by atoms with Crippen LogP contribution in [0.4, 0.5) is 0 Å². The lowest BCUT2D eigenvalue weighted by atomic mass is 9.81. The van der Waals surface area contributed by atoms with E-state index in [4.69, 9.17) is 4.74 Å². The van der Waals surface area contributed by atoms with Gasteiger partial charge in [-0.25, -0.2) is 0 Å². The van der Waals surface area contributed by atoms with Crippen LogP contribution in [0, 0.1) is 5.41 Å². The van der Waals surface area contributed by atoms with Gasteiger partial charge in [-0.15, -0.1) is 0 Å². The van der Waals surface area contributed by atoms with Gasteiger partial charge < -0.3 is 9.72 Å². The number of aromatic amines is 1. The number of rotatable bonds is 1. The average molecular weight is 151 g/mol. The molecule has 2 heteroatoms. The molecule has 0 aliphatic carbocycles. The van der Waals surface area contributed by atoms with E-state index in [-0.39, 0.29) is 6.10 Å². The van der Waals surface area contributed by atoms with Gasteiger partial charge in [-0.05, 0) is 12.1 Å². The summed E-state index contributed by atoms with van der Waals surface area (Å²) in [6.07, 6.45) is 2.21. The third-order valence-electron chi connectivity index (χ3n) is 2.24. The van der Waals surface area contributed by atoms with Gasteiger partial charge in [0.15, 0.2) is 0 Å². The van der Waals surface area contributed by atoms with Crippen molar-refractivity contribution >= 4 is 0 Å². The summed E-state index contributed by atoms with van der Waals surface area (Å²) < 4.78 is 5.46. The number of hydrogen-bond donors (Lipinski definition) is 1. The van der Waals surface area contributed by atoms with Crippen molar-refractivity contribution in [2.24, 2.45) is 5.41 Å². The molecule has 1 atom stereocenters. The maximum atomic E-state index is 5.46. The van der Waals surface area contributed by atoms with Gasteiger partial charge in [0, 0.05) is 17.3 Å². The van der Waals surface area contributed by atoms with E-state index in [0.717, 1.165) is 6.61 Å². The summed E-state index contributed by atoms with van der Waals surface area (Å²) in [5.74, 6) is 0. The highest BCUT2D eigenvalue weighted by molar-refractivity contribution is 5.13. The minimum Gasteiger partial charge on any atom is -0.371 e. The molecule has 0 radical (unpaired) electrons. The molecule has 1 aliphatic rings. The molecule has 1 N–H and O–H groups in total. The Kier molecular flexibility index (Phi) is 1.33. The zero-order valence-electron chi connectivity index (χ0n) is 6.92. The Morgan fingerprint density at radius 3 is 2.82 bits per heavy atom. The molecule has 1 saturated heterocycles. The fourth-order valence-electron chi connectivity index (χ4n) is 1.52. The number of aromatic nitrogens is 1. The van der Waals surface area contributed by atoms with Gasteiger partial charge in [-0.2, -0.15) is 0 Å². The minimum absolute atomic E-state index is 0.275. The van der Waals surface area contributed by atoms with Crippen molar-refractivity contribution in [2.75, 3.05) is 6.61 Å². The fourth-order valence-corrected chi connectivity index (χ4v) is 1.52. The molecule has 0 saturated carbocycles. The van der Waals surface area contributed by atoms with Crippen molar-refractivity contribution in [1.82, 2.24) is 4.98 Å². The third kappa shape index (κ3) is 0.979. The minimum atomic E-state index is 0.275. The van der Waals surface area contributed by atoms with E-state index >= 15 is 0 Å². The van der Waals surface area contributed by atoms with Gasteiger partial charge >= 0.3 is 0 Å². The largest absolute Gasteiger partial charge is 0.371 e. The molecule has 0 aromatic carbocycles. The van der Waals surface area contributed by atoms with Gasteiger partial charge in [0.1, 0.15) is 6.10 Å². The Morgan fingerprint density at radius 2 is 2.45 bits per heavy atom. The van der Waals surface area contributed by atoms with E-state index in [1.165, 1.54) is 5.69 Å². The van der Waals surface area contributed by atoms with Crippen LogP contribution >= 0.6 is 0 Å². The first-order valence-electron chi connectivity index (χ1n) is 3.95. The van der Waals surface area contributed by atoms with Gasteiger partial charge in [-0.1, -0.05) is 13.8 Å². The standard InChI is InChI=1S/C9H13NO/c1-9(2)6-11-8(9)7-4-3-5-10-7/h3-5,8,10H,6H2,1-2H3. The van der Waals surface area contributed by atoms with Crippen LogP contribution in [0.1, 0.15) is 25.6 Å². The van der Waals surface area contributed by atoms with Gasteiger partial charge in [0.2, 0.25) is 0 Å². The highest BCUT2D eigenvalue weighted by Gasteiger charge is 2.41. The van der Waals surface area contributed by atoms with Crippen LogP contribution in [0.2, 0.25) is 0 Å². The summed E-state index contributed by atoms with van der Waals surface area (Å²) in [5, 5.41) is 0. The van der Waals surface area contributed by atoms with Crippen LogP contribution < -0.4 is 0 Å². The summed E-state index contributed by atoms with van der Waals surface area (Å²) >= 11 is 0. The number of ether oxygens (including phenoxy) is 1. The summed E-state index contributed by atoms with van der Waals surface area (Å²) in [6, 6.07) is 4.08. The van der Waals surface area contributed by atoms with Crippen molar-refractivity contribution in [3.8, 4) is 0 Å². The molecule has 1 fully saturated rings. The summed E-state index contributed by atoms with van der Waals surface area (Å²) in [4.78, 5) is 3.17. The second kappa shape index (κ2) is 2.11. The molecule has 2 nitrogen and oxygen atoms in total. The highest BCUT2D eigenvalue weighted by Crippen LogP contribution is 2.44. The quantitative estimate of drug-likeness (QED) is 0.653. The molecular formula is C9H13NO. The first-order chi connectivity index (χ1) is 5.20. The van der Waals surface area contributed by atoms with Crippen molar-refractivity contribution in [3.05, 3.63) is 24.0 Å². The normalized spacial score (nSPS) is 28.0.